The zero-order valence-corrected chi connectivity index (χ0v) is 13.3. The van der Waals surface area contributed by atoms with Crippen LogP contribution in [0.1, 0.15) is 15.9 Å². The van der Waals surface area contributed by atoms with Crippen LogP contribution in [0, 0.1) is 0 Å². The highest BCUT2D eigenvalue weighted by molar-refractivity contribution is 7.92. The summed E-state index contributed by atoms with van der Waals surface area (Å²) >= 11 is 5.79. The van der Waals surface area contributed by atoms with Gasteiger partial charge in [-0.1, -0.05) is 41.9 Å². The van der Waals surface area contributed by atoms with Crippen molar-refractivity contribution in [2.24, 2.45) is 0 Å². The molecule has 0 amide bonds. The molecule has 0 saturated carbocycles. The first kappa shape index (κ1) is 16.3. The molecule has 2 aromatic carbocycles. The topological polar surface area (TPSA) is 74.7 Å². The Morgan fingerprint density at radius 3 is 2.41 bits per heavy atom. The summed E-state index contributed by atoms with van der Waals surface area (Å²) < 4.78 is 25.9. The second-order valence-corrected chi connectivity index (χ2v) is 7.09. The maximum Gasteiger partial charge on any atom is 0.337 e. The van der Waals surface area contributed by atoms with Crippen molar-refractivity contribution in [3.63, 3.8) is 0 Å². The summed E-state index contributed by atoms with van der Waals surface area (Å²) in [5.74, 6) is -1.38. The molecule has 0 aromatic heterocycles. The van der Waals surface area contributed by atoms with Crippen LogP contribution in [-0.4, -0.2) is 26.5 Å². The molecule has 116 valence electrons. The molecule has 0 radical (unpaired) electrons. The summed E-state index contributed by atoms with van der Waals surface area (Å²) in [5.41, 5.74) is 0.764. The molecule has 0 aliphatic carbocycles. The van der Waals surface area contributed by atoms with Crippen molar-refractivity contribution in [3.8, 4) is 0 Å². The molecule has 5 nitrogen and oxygen atoms in total. The van der Waals surface area contributed by atoms with E-state index in [1.165, 1.54) is 25.2 Å². The molecule has 1 N–H and O–H groups in total. The quantitative estimate of drug-likeness (QED) is 0.908. The highest BCUT2D eigenvalue weighted by Crippen LogP contribution is 2.25. The van der Waals surface area contributed by atoms with E-state index < -0.39 is 16.0 Å². The molecule has 0 saturated heterocycles. The van der Waals surface area contributed by atoms with Gasteiger partial charge in [0.15, 0.2) is 0 Å². The molecular formula is C15H14ClNO4S. The van der Waals surface area contributed by atoms with Crippen LogP contribution >= 0.6 is 11.6 Å². The normalized spacial score (nSPS) is 11.2. The molecule has 7 heteroatoms. The molecule has 0 fully saturated rings. The van der Waals surface area contributed by atoms with Gasteiger partial charge in [0.25, 0.3) is 0 Å². The average molecular weight is 340 g/mol. The smallest absolute Gasteiger partial charge is 0.337 e. The first-order valence-corrected chi connectivity index (χ1v) is 8.33. The van der Waals surface area contributed by atoms with Gasteiger partial charge < -0.3 is 5.11 Å². The van der Waals surface area contributed by atoms with Crippen LogP contribution in [0.25, 0.3) is 0 Å². The fraction of sp³-hybridized carbons (Fsp3) is 0.133. The zero-order chi connectivity index (χ0) is 16.3. The molecule has 0 unspecified atom stereocenters. The van der Waals surface area contributed by atoms with E-state index in [0.717, 1.165) is 4.31 Å². The van der Waals surface area contributed by atoms with E-state index >= 15 is 0 Å². The van der Waals surface area contributed by atoms with E-state index in [-0.39, 0.29) is 22.0 Å². The van der Waals surface area contributed by atoms with Gasteiger partial charge in [-0.25, -0.2) is 13.2 Å². The Hall–Kier alpha value is -2.05. The number of carboxylic acid groups (broad SMARTS) is 1. The Morgan fingerprint density at radius 2 is 1.82 bits per heavy atom. The highest BCUT2D eigenvalue weighted by atomic mass is 35.5. The third kappa shape index (κ3) is 3.58. The van der Waals surface area contributed by atoms with Crippen molar-refractivity contribution in [3.05, 3.63) is 64.7 Å². The number of aromatic carboxylic acids is 1. The van der Waals surface area contributed by atoms with E-state index in [1.54, 1.807) is 30.3 Å². The van der Waals surface area contributed by atoms with Gasteiger partial charge in [0, 0.05) is 7.05 Å². The van der Waals surface area contributed by atoms with Gasteiger partial charge in [-0.3, -0.25) is 4.31 Å². The monoisotopic (exact) mass is 339 g/mol. The third-order valence-electron chi connectivity index (χ3n) is 3.15. The largest absolute Gasteiger partial charge is 0.478 e. The van der Waals surface area contributed by atoms with Crippen LogP contribution in [-0.2, 0) is 15.8 Å². The average Bonchev–Trinajstić information content (AvgIpc) is 2.47. The van der Waals surface area contributed by atoms with Crippen molar-refractivity contribution >= 4 is 33.3 Å². The van der Waals surface area contributed by atoms with Crippen LogP contribution < -0.4 is 4.31 Å². The van der Waals surface area contributed by atoms with Crippen LogP contribution in [0.5, 0.6) is 0 Å². The van der Waals surface area contributed by atoms with Crippen LogP contribution in [0.15, 0.2) is 48.5 Å². The molecule has 0 spiro atoms. The number of sulfonamides is 1. The van der Waals surface area contributed by atoms with Crippen molar-refractivity contribution in [2.75, 3.05) is 11.4 Å². The Morgan fingerprint density at radius 1 is 1.18 bits per heavy atom. The maximum absolute atomic E-state index is 12.4. The van der Waals surface area contributed by atoms with E-state index in [4.69, 9.17) is 16.7 Å². The summed E-state index contributed by atoms with van der Waals surface area (Å²) in [4.78, 5) is 11.1. The van der Waals surface area contributed by atoms with Gasteiger partial charge in [0.1, 0.15) is 0 Å². The second-order valence-electron chi connectivity index (χ2n) is 4.68. The number of halogens is 1. The minimum atomic E-state index is -3.62. The van der Waals surface area contributed by atoms with Crippen LogP contribution in [0.3, 0.4) is 0 Å². The van der Waals surface area contributed by atoms with Crippen molar-refractivity contribution < 1.29 is 18.3 Å². The van der Waals surface area contributed by atoms with Crippen molar-refractivity contribution in [1.29, 1.82) is 0 Å². The maximum atomic E-state index is 12.4. The van der Waals surface area contributed by atoms with E-state index in [0.29, 0.717) is 5.56 Å². The summed E-state index contributed by atoms with van der Waals surface area (Å²) in [7, 11) is -2.24. The van der Waals surface area contributed by atoms with Gasteiger partial charge >= 0.3 is 5.97 Å². The number of hydrogen-bond donors (Lipinski definition) is 1. The lowest BCUT2D eigenvalue weighted by atomic mass is 10.2. The lowest BCUT2D eigenvalue weighted by Gasteiger charge is -2.20. The predicted molar refractivity (Wildman–Crippen MR) is 85.9 cm³/mol. The number of nitrogens with zero attached hydrogens (tertiary/aromatic N) is 1. The number of anilines is 1. The Kier molecular flexibility index (Phi) is 4.73. The van der Waals surface area contributed by atoms with Crippen LogP contribution in [0.4, 0.5) is 5.69 Å². The fourth-order valence-electron chi connectivity index (χ4n) is 1.92. The van der Waals surface area contributed by atoms with Gasteiger partial charge in [-0.2, -0.15) is 0 Å². The molecule has 0 aliphatic rings. The summed E-state index contributed by atoms with van der Waals surface area (Å²) in [6, 6.07) is 12.8. The minimum absolute atomic E-state index is 0.0603. The summed E-state index contributed by atoms with van der Waals surface area (Å²) in [6.07, 6.45) is 0. The number of rotatable bonds is 5. The third-order valence-corrected chi connectivity index (χ3v) is 5.23. The van der Waals surface area contributed by atoms with Crippen molar-refractivity contribution in [2.45, 2.75) is 5.75 Å². The first-order chi connectivity index (χ1) is 10.3. The number of benzene rings is 2. The number of carbonyl (C=O) groups is 1. The molecule has 0 heterocycles. The molecular weight excluding hydrogens is 326 g/mol. The van der Waals surface area contributed by atoms with Gasteiger partial charge in [-0.05, 0) is 23.8 Å². The molecule has 0 aliphatic heterocycles. The van der Waals surface area contributed by atoms with Gasteiger partial charge in [0.05, 0.1) is 22.0 Å². The minimum Gasteiger partial charge on any atom is -0.478 e. The lowest BCUT2D eigenvalue weighted by Crippen LogP contribution is -2.28. The SMILES string of the molecule is CN(c1ccc(Cl)c(C(=O)O)c1)S(=O)(=O)Cc1ccccc1. The summed E-state index contributed by atoms with van der Waals surface area (Å²) in [6.45, 7) is 0. The van der Waals surface area contributed by atoms with Gasteiger partial charge in [0.2, 0.25) is 10.0 Å². The second kappa shape index (κ2) is 6.37. The van der Waals surface area contributed by atoms with E-state index in [9.17, 15) is 13.2 Å². The van der Waals surface area contributed by atoms with Crippen LogP contribution in [0.2, 0.25) is 5.02 Å². The highest BCUT2D eigenvalue weighted by Gasteiger charge is 2.21. The molecule has 2 aromatic rings. The van der Waals surface area contributed by atoms with Crippen molar-refractivity contribution in [1.82, 2.24) is 0 Å². The number of carboxylic acids is 1. The first-order valence-electron chi connectivity index (χ1n) is 6.34. The lowest BCUT2D eigenvalue weighted by molar-refractivity contribution is 0.0697. The van der Waals surface area contributed by atoms with E-state index in [2.05, 4.69) is 0 Å². The Labute approximate surface area is 133 Å². The Bertz CT molecular complexity index is 790. The zero-order valence-electron chi connectivity index (χ0n) is 11.7. The van der Waals surface area contributed by atoms with Gasteiger partial charge in [-0.15, -0.1) is 0 Å². The number of hydrogen-bond acceptors (Lipinski definition) is 3. The van der Waals surface area contributed by atoms with E-state index in [1.807, 2.05) is 0 Å². The molecule has 0 bridgehead atoms. The summed E-state index contributed by atoms with van der Waals surface area (Å²) in [5, 5.41) is 9.12. The fourth-order valence-corrected chi connectivity index (χ4v) is 3.36. The Balaban J connectivity index is 2.32. The molecule has 2 rings (SSSR count). The molecule has 0 atom stereocenters. The predicted octanol–water partition coefficient (Wildman–Crippen LogP) is 3.00. The molecule has 22 heavy (non-hydrogen) atoms. The standard InChI is InChI=1S/C15H14ClNO4S/c1-17(12-7-8-14(16)13(9-12)15(18)19)22(20,21)10-11-5-3-2-4-6-11/h2-9H,10H2,1H3,(H,18,19).